The Labute approximate surface area is 215 Å². The van der Waals surface area contributed by atoms with Crippen molar-refractivity contribution < 1.29 is 9.53 Å². The van der Waals surface area contributed by atoms with E-state index < -0.39 is 0 Å². The smallest absolute Gasteiger partial charge is 0.246 e. The van der Waals surface area contributed by atoms with Gasteiger partial charge in [0.25, 0.3) is 0 Å². The van der Waals surface area contributed by atoms with E-state index in [4.69, 9.17) is 15.6 Å². The van der Waals surface area contributed by atoms with Crippen LogP contribution in [0.1, 0.15) is 18.9 Å². The van der Waals surface area contributed by atoms with Crippen LogP contribution in [-0.4, -0.2) is 57.2 Å². The van der Waals surface area contributed by atoms with Gasteiger partial charge in [0.15, 0.2) is 5.65 Å². The van der Waals surface area contributed by atoms with E-state index in [9.17, 15) is 4.79 Å². The summed E-state index contributed by atoms with van der Waals surface area (Å²) in [6.45, 7) is 4.45. The molecule has 1 saturated heterocycles. The Morgan fingerprint density at radius 2 is 1.89 bits per heavy atom. The third kappa shape index (κ3) is 3.96. The van der Waals surface area contributed by atoms with Gasteiger partial charge in [0.2, 0.25) is 5.91 Å². The Bertz CT molecular complexity index is 1490. The summed E-state index contributed by atoms with van der Waals surface area (Å²) in [4.78, 5) is 25.2. The molecule has 3 atom stereocenters. The molecule has 1 saturated carbocycles. The van der Waals surface area contributed by atoms with Gasteiger partial charge in [-0.15, -0.1) is 0 Å². The maximum atomic E-state index is 12.5. The number of carbonyl (C=O) groups excluding carboxylic acids is 1. The van der Waals surface area contributed by atoms with Gasteiger partial charge < -0.3 is 20.3 Å². The molecule has 2 bridgehead atoms. The van der Waals surface area contributed by atoms with Crippen LogP contribution in [0.3, 0.4) is 0 Å². The first-order chi connectivity index (χ1) is 17.9. The molecule has 3 unspecified atom stereocenters. The highest BCUT2D eigenvalue weighted by Gasteiger charge is 2.48. The molecule has 188 valence electrons. The van der Waals surface area contributed by atoms with E-state index in [0.29, 0.717) is 17.4 Å². The number of likely N-dealkylation sites (tertiary alicyclic amines) is 1. The predicted octanol–water partition coefficient (Wildman–Crippen LogP) is 4.28. The highest BCUT2D eigenvalue weighted by Crippen LogP contribution is 2.46. The molecular weight excluding hydrogens is 466 g/mol. The fourth-order valence-electron chi connectivity index (χ4n) is 5.70. The largest absolute Gasteiger partial charge is 0.457 e. The molecule has 0 spiro atoms. The van der Waals surface area contributed by atoms with Gasteiger partial charge in [-0.25, -0.2) is 14.6 Å². The van der Waals surface area contributed by atoms with Gasteiger partial charge in [0, 0.05) is 38.0 Å². The number of nitrogens with zero attached hydrogens (tertiary/aromatic N) is 6. The van der Waals surface area contributed by atoms with Crippen LogP contribution in [0, 0.1) is 5.92 Å². The second-order valence-electron chi connectivity index (χ2n) is 9.94. The molecule has 2 aliphatic rings. The van der Waals surface area contributed by atoms with E-state index in [-0.39, 0.29) is 18.0 Å². The van der Waals surface area contributed by atoms with Crippen molar-refractivity contribution in [1.29, 1.82) is 0 Å². The number of hydrogen-bond acceptors (Lipinski definition) is 7. The lowest BCUT2D eigenvalue weighted by molar-refractivity contribution is -0.128. The van der Waals surface area contributed by atoms with E-state index in [1.165, 1.54) is 12.4 Å². The maximum absolute atomic E-state index is 12.5. The summed E-state index contributed by atoms with van der Waals surface area (Å²) in [5.74, 6) is 2.28. The molecule has 1 aliphatic heterocycles. The zero-order chi connectivity index (χ0) is 25.7. The van der Waals surface area contributed by atoms with Gasteiger partial charge in [-0.05, 0) is 61.2 Å². The molecule has 0 radical (unpaired) electrons. The van der Waals surface area contributed by atoms with Gasteiger partial charge in [-0.2, -0.15) is 5.10 Å². The molecule has 2 N–H and O–H groups in total. The average molecular weight is 496 g/mol. The molecule has 9 nitrogen and oxygen atoms in total. The number of nitrogens with two attached hydrogens (primary N) is 1. The number of nitrogen functional groups attached to an aromatic ring is 1. The number of anilines is 2. The van der Waals surface area contributed by atoms with E-state index in [1.54, 1.807) is 0 Å². The Morgan fingerprint density at radius 1 is 1.11 bits per heavy atom. The number of aromatic nitrogens is 4. The van der Waals surface area contributed by atoms with Crippen molar-refractivity contribution in [2.75, 3.05) is 31.3 Å². The Hall–Kier alpha value is -4.40. The molecular formula is C28H29N7O2. The molecule has 4 aromatic rings. The van der Waals surface area contributed by atoms with Gasteiger partial charge >= 0.3 is 0 Å². The van der Waals surface area contributed by atoms with Crippen LogP contribution in [0.25, 0.3) is 22.3 Å². The molecule has 9 heteroatoms. The quantitative estimate of drug-likeness (QED) is 0.398. The van der Waals surface area contributed by atoms with Crippen LogP contribution in [0.5, 0.6) is 11.5 Å². The third-order valence-electron chi connectivity index (χ3n) is 7.44. The maximum Gasteiger partial charge on any atom is 0.246 e. The first-order valence-electron chi connectivity index (χ1n) is 12.4. The van der Waals surface area contributed by atoms with Gasteiger partial charge in [-0.1, -0.05) is 12.6 Å². The lowest BCUT2D eigenvalue weighted by atomic mass is 10.1. The molecule has 2 aromatic carbocycles. The number of carbonyl (C=O) groups is 1. The SMILES string of the molecule is C=CC(=O)N1CC2CC1C(n1nc(-c3ccc(Oc4cccc(N(C)C)c4)cc3)c3c(N)ncnc31)C2. The number of piperidine rings is 1. The van der Waals surface area contributed by atoms with Crippen molar-refractivity contribution in [3.63, 3.8) is 0 Å². The first-order valence-corrected chi connectivity index (χ1v) is 12.4. The van der Waals surface area contributed by atoms with Gasteiger partial charge in [-0.3, -0.25) is 4.79 Å². The Balaban J connectivity index is 1.34. The van der Waals surface area contributed by atoms with Crippen molar-refractivity contribution in [3.05, 3.63) is 67.5 Å². The molecule has 2 fully saturated rings. The van der Waals surface area contributed by atoms with Crippen LogP contribution in [-0.2, 0) is 4.79 Å². The molecule has 2 aromatic heterocycles. The lowest BCUT2D eigenvalue weighted by Crippen LogP contribution is -2.42. The minimum absolute atomic E-state index is 0.0276. The van der Waals surface area contributed by atoms with Crippen molar-refractivity contribution in [3.8, 4) is 22.8 Å². The molecule has 37 heavy (non-hydrogen) atoms. The number of hydrogen-bond donors (Lipinski definition) is 1. The van der Waals surface area contributed by atoms with Crippen molar-refractivity contribution in [2.45, 2.75) is 24.9 Å². The number of fused-ring (bicyclic) bond motifs is 3. The van der Waals surface area contributed by atoms with Crippen molar-refractivity contribution in [2.24, 2.45) is 5.92 Å². The molecule has 6 rings (SSSR count). The molecule has 1 aliphatic carbocycles. The normalized spacial score (nSPS) is 20.4. The fourth-order valence-corrected chi connectivity index (χ4v) is 5.70. The number of benzene rings is 2. The van der Waals surface area contributed by atoms with Gasteiger partial charge in [0.05, 0.1) is 17.5 Å². The van der Waals surface area contributed by atoms with Crippen molar-refractivity contribution in [1.82, 2.24) is 24.6 Å². The summed E-state index contributed by atoms with van der Waals surface area (Å²) >= 11 is 0. The lowest BCUT2D eigenvalue weighted by Gasteiger charge is -2.32. The number of amides is 1. The first kappa shape index (κ1) is 23.0. The van der Waals surface area contributed by atoms with E-state index >= 15 is 0 Å². The molecule has 3 heterocycles. The standard InChI is InChI=1S/C28H29N7O2/c1-4-24(36)34-15-17-12-22(34)23(13-17)35-28-25(27(29)30-16-31-28)26(32-35)18-8-10-20(11-9-18)37-21-7-5-6-19(14-21)33(2)3/h4-11,14,16-17,22-23H,1,12-13,15H2,2-3H3,(H2,29,30,31). The van der Waals surface area contributed by atoms with Crippen molar-refractivity contribution >= 4 is 28.4 Å². The van der Waals surface area contributed by atoms with E-state index in [0.717, 1.165) is 53.2 Å². The highest BCUT2D eigenvalue weighted by atomic mass is 16.5. The minimum atomic E-state index is -0.0327. The molecule has 1 amide bonds. The van der Waals surface area contributed by atoms with Crippen LogP contribution < -0.4 is 15.4 Å². The minimum Gasteiger partial charge on any atom is -0.457 e. The van der Waals surface area contributed by atoms with Crippen LogP contribution in [0.2, 0.25) is 0 Å². The van der Waals surface area contributed by atoms with E-state index in [2.05, 4.69) is 16.5 Å². The zero-order valence-electron chi connectivity index (χ0n) is 20.9. The Morgan fingerprint density at radius 3 is 2.62 bits per heavy atom. The highest BCUT2D eigenvalue weighted by molar-refractivity contribution is 5.98. The number of rotatable bonds is 6. The summed E-state index contributed by atoms with van der Waals surface area (Å²) in [7, 11) is 4.00. The zero-order valence-corrected chi connectivity index (χ0v) is 20.9. The van der Waals surface area contributed by atoms with Crippen LogP contribution in [0.15, 0.2) is 67.5 Å². The summed E-state index contributed by atoms with van der Waals surface area (Å²) in [6, 6.07) is 15.8. The second-order valence-corrected chi connectivity index (χ2v) is 9.94. The fraction of sp³-hybridized carbons (Fsp3) is 0.286. The average Bonchev–Trinajstić information content (AvgIpc) is 3.62. The monoisotopic (exact) mass is 495 g/mol. The van der Waals surface area contributed by atoms with Crippen LogP contribution >= 0.6 is 0 Å². The van der Waals surface area contributed by atoms with E-state index in [1.807, 2.05) is 77.1 Å². The topological polar surface area (TPSA) is 102 Å². The van der Waals surface area contributed by atoms with Gasteiger partial charge in [0.1, 0.15) is 29.3 Å². The van der Waals surface area contributed by atoms with Crippen LogP contribution in [0.4, 0.5) is 11.5 Å². The predicted molar refractivity (Wildman–Crippen MR) is 143 cm³/mol. The summed E-state index contributed by atoms with van der Waals surface area (Å²) in [5, 5.41) is 5.73. The Kier molecular flexibility index (Phi) is 5.55. The number of ether oxygens (including phenoxy) is 1. The summed E-state index contributed by atoms with van der Waals surface area (Å²) < 4.78 is 8.04. The summed E-state index contributed by atoms with van der Waals surface area (Å²) in [5.41, 5.74) is 9.70. The summed E-state index contributed by atoms with van der Waals surface area (Å²) in [6.07, 6.45) is 4.77. The second kappa shape index (κ2) is 8.92. The third-order valence-corrected chi connectivity index (χ3v) is 7.44.